The molecule has 3 aromatic rings. The Balaban J connectivity index is 1.71. The van der Waals surface area contributed by atoms with Crippen molar-refractivity contribution in [3.8, 4) is 16.9 Å². The van der Waals surface area contributed by atoms with Crippen LogP contribution in [0.25, 0.3) is 16.9 Å². The van der Waals surface area contributed by atoms with Crippen molar-refractivity contribution >= 4 is 5.91 Å². The van der Waals surface area contributed by atoms with E-state index in [0.717, 1.165) is 35.3 Å². The monoisotopic (exact) mass is 373 g/mol. The summed E-state index contributed by atoms with van der Waals surface area (Å²) in [6, 6.07) is 18.7. The Morgan fingerprint density at radius 2 is 1.71 bits per heavy atom. The summed E-state index contributed by atoms with van der Waals surface area (Å²) in [7, 11) is 0. The van der Waals surface area contributed by atoms with Crippen LogP contribution in [0.1, 0.15) is 53.7 Å². The second-order valence-electron chi connectivity index (χ2n) is 7.84. The highest BCUT2D eigenvalue weighted by atomic mass is 16.2. The van der Waals surface area contributed by atoms with Crippen LogP contribution < -0.4 is 5.32 Å². The van der Waals surface area contributed by atoms with E-state index in [1.54, 1.807) is 0 Å². The van der Waals surface area contributed by atoms with Crippen LogP contribution in [0.15, 0.2) is 54.6 Å². The van der Waals surface area contributed by atoms with E-state index in [9.17, 15) is 4.79 Å². The van der Waals surface area contributed by atoms with E-state index in [4.69, 9.17) is 5.10 Å². The van der Waals surface area contributed by atoms with Gasteiger partial charge in [-0.2, -0.15) is 5.10 Å². The average molecular weight is 374 g/mol. The summed E-state index contributed by atoms with van der Waals surface area (Å²) in [6.07, 6.45) is 5.78. The third-order valence-corrected chi connectivity index (χ3v) is 5.48. The molecule has 1 aliphatic carbocycles. The number of nitrogens with zero attached hydrogens (tertiary/aromatic N) is 2. The van der Waals surface area contributed by atoms with Gasteiger partial charge < -0.3 is 5.32 Å². The lowest BCUT2D eigenvalue weighted by Crippen LogP contribution is -2.36. The molecule has 4 rings (SSSR count). The van der Waals surface area contributed by atoms with Gasteiger partial charge in [-0.15, -0.1) is 0 Å². The standard InChI is InChI=1S/C24H27N3O/c1-17-11-13-19(14-12-17)23-16-22(24(28)25-20-8-4-3-5-9-20)26-27(23)21-10-6-7-18(2)15-21/h6-7,10-16,20H,3-5,8-9H2,1-2H3,(H,25,28). The summed E-state index contributed by atoms with van der Waals surface area (Å²) < 4.78 is 1.88. The number of hydrogen-bond acceptors (Lipinski definition) is 2. The smallest absolute Gasteiger partial charge is 0.272 e. The molecule has 1 fully saturated rings. The fourth-order valence-electron chi connectivity index (χ4n) is 3.88. The molecule has 1 aromatic heterocycles. The van der Waals surface area contributed by atoms with E-state index in [1.165, 1.54) is 24.8 Å². The van der Waals surface area contributed by atoms with Crippen molar-refractivity contribution < 1.29 is 4.79 Å². The van der Waals surface area contributed by atoms with Gasteiger partial charge in [0.25, 0.3) is 5.91 Å². The van der Waals surface area contributed by atoms with Crippen LogP contribution in [-0.2, 0) is 0 Å². The highest BCUT2D eigenvalue weighted by Crippen LogP contribution is 2.25. The van der Waals surface area contributed by atoms with Crippen molar-refractivity contribution in [3.63, 3.8) is 0 Å². The Bertz CT molecular complexity index is 966. The summed E-state index contributed by atoms with van der Waals surface area (Å²) >= 11 is 0. The number of carbonyl (C=O) groups excluding carboxylic acids is 1. The number of rotatable bonds is 4. The fraction of sp³-hybridized carbons (Fsp3) is 0.333. The molecule has 1 aliphatic rings. The second kappa shape index (κ2) is 8.01. The Hall–Kier alpha value is -2.88. The summed E-state index contributed by atoms with van der Waals surface area (Å²) in [5.41, 5.74) is 5.79. The number of hydrogen-bond donors (Lipinski definition) is 1. The van der Waals surface area contributed by atoms with Gasteiger partial charge in [0.15, 0.2) is 5.69 Å². The molecule has 1 N–H and O–H groups in total. The third kappa shape index (κ3) is 4.01. The predicted molar refractivity (Wildman–Crippen MR) is 113 cm³/mol. The van der Waals surface area contributed by atoms with Gasteiger partial charge in [0, 0.05) is 11.6 Å². The zero-order valence-corrected chi connectivity index (χ0v) is 16.6. The quantitative estimate of drug-likeness (QED) is 0.682. The molecule has 2 aromatic carbocycles. The first kappa shape index (κ1) is 18.5. The molecule has 144 valence electrons. The van der Waals surface area contributed by atoms with E-state index >= 15 is 0 Å². The first-order valence-corrected chi connectivity index (χ1v) is 10.2. The van der Waals surface area contributed by atoms with Gasteiger partial charge in [0.05, 0.1) is 11.4 Å². The maximum Gasteiger partial charge on any atom is 0.272 e. The molecule has 1 saturated carbocycles. The van der Waals surface area contributed by atoms with Gasteiger partial charge in [-0.05, 0) is 50.5 Å². The van der Waals surface area contributed by atoms with Crippen LogP contribution in [0.2, 0.25) is 0 Å². The molecule has 28 heavy (non-hydrogen) atoms. The lowest BCUT2D eigenvalue weighted by molar-refractivity contribution is 0.0922. The summed E-state index contributed by atoms with van der Waals surface area (Å²) in [6.45, 7) is 4.14. The zero-order chi connectivity index (χ0) is 19.5. The molecular formula is C24H27N3O. The Morgan fingerprint density at radius 3 is 2.43 bits per heavy atom. The Kier molecular flexibility index (Phi) is 5.29. The van der Waals surface area contributed by atoms with E-state index < -0.39 is 0 Å². The number of nitrogens with one attached hydrogen (secondary N) is 1. The third-order valence-electron chi connectivity index (χ3n) is 5.48. The van der Waals surface area contributed by atoms with Crippen LogP contribution in [0.5, 0.6) is 0 Å². The van der Waals surface area contributed by atoms with Crippen molar-refractivity contribution in [1.82, 2.24) is 15.1 Å². The maximum absolute atomic E-state index is 12.9. The van der Waals surface area contributed by atoms with Crippen LogP contribution in [0.4, 0.5) is 0 Å². The molecule has 0 radical (unpaired) electrons. The second-order valence-corrected chi connectivity index (χ2v) is 7.84. The van der Waals surface area contributed by atoms with Gasteiger partial charge in [-0.1, -0.05) is 61.2 Å². The molecule has 0 spiro atoms. The number of amides is 1. The molecule has 0 unspecified atom stereocenters. The van der Waals surface area contributed by atoms with Crippen molar-refractivity contribution in [3.05, 3.63) is 71.4 Å². The van der Waals surface area contributed by atoms with E-state index in [1.807, 2.05) is 22.9 Å². The molecule has 4 heteroatoms. The first-order chi connectivity index (χ1) is 13.6. The number of carbonyl (C=O) groups is 1. The Morgan fingerprint density at radius 1 is 0.964 bits per heavy atom. The highest BCUT2D eigenvalue weighted by Gasteiger charge is 2.21. The molecule has 0 aliphatic heterocycles. The van der Waals surface area contributed by atoms with Gasteiger partial charge >= 0.3 is 0 Å². The summed E-state index contributed by atoms with van der Waals surface area (Å²) in [5.74, 6) is -0.0772. The highest BCUT2D eigenvalue weighted by molar-refractivity contribution is 5.93. The van der Waals surface area contributed by atoms with Crippen LogP contribution in [0.3, 0.4) is 0 Å². The average Bonchev–Trinajstić information content (AvgIpc) is 3.15. The van der Waals surface area contributed by atoms with Gasteiger partial charge in [0.1, 0.15) is 0 Å². The minimum absolute atomic E-state index is 0.0772. The number of benzene rings is 2. The van der Waals surface area contributed by atoms with Crippen LogP contribution >= 0.6 is 0 Å². The fourth-order valence-corrected chi connectivity index (χ4v) is 3.88. The van der Waals surface area contributed by atoms with Gasteiger partial charge in [-0.25, -0.2) is 4.68 Å². The van der Waals surface area contributed by atoms with Crippen molar-refractivity contribution in [2.45, 2.75) is 52.0 Å². The lowest BCUT2D eigenvalue weighted by atomic mass is 9.95. The first-order valence-electron chi connectivity index (χ1n) is 10.2. The van der Waals surface area contributed by atoms with Crippen molar-refractivity contribution in [2.24, 2.45) is 0 Å². The van der Waals surface area contributed by atoms with Crippen molar-refractivity contribution in [1.29, 1.82) is 0 Å². The zero-order valence-electron chi connectivity index (χ0n) is 16.6. The molecule has 0 saturated heterocycles. The van der Waals surface area contributed by atoms with Gasteiger partial charge in [-0.3, -0.25) is 4.79 Å². The topological polar surface area (TPSA) is 46.9 Å². The van der Waals surface area contributed by atoms with Crippen LogP contribution in [-0.4, -0.2) is 21.7 Å². The van der Waals surface area contributed by atoms with Gasteiger partial charge in [0.2, 0.25) is 0 Å². The van der Waals surface area contributed by atoms with E-state index in [-0.39, 0.29) is 11.9 Å². The molecular weight excluding hydrogens is 346 g/mol. The molecule has 0 atom stereocenters. The normalized spacial score (nSPS) is 14.8. The SMILES string of the molecule is Cc1ccc(-c2cc(C(=O)NC3CCCCC3)nn2-c2cccc(C)c2)cc1. The summed E-state index contributed by atoms with van der Waals surface area (Å²) in [4.78, 5) is 12.9. The van der Waals surface area contributed by atoms with Crippen molar-refractivity contribution in [2.75, 3.05) is 0 Å². The maximum atomic E-state index is 12.9. The molecule has 4 nitrogen and oxygen atoms in total. The summed E-state index contributed by atoms with van der Waals surface area (Å²) in [5, 5.41) is 7.87. The lowest BCUT2D eigenvalue weighted by Gasteiger charge is -2.22. The predicted octanol–water partition coefficient (Wildman–Crippen LogP) is 5.22. The number of aromatic nitrogens is 2. The molecule has 1 heterocycles. The van der Waals surface area contributed by atoms with E-state index in [2.05, 4.69) is 55.6 Å². The molecule has 1 amide bonds. The minimum Gasteiger partial charge on any atom is -0.348 e. The number of aryl methyl sites for hydroxylation is 2. The van der Waals surface area contributed by atoms with Crippen LogP contribution in [0, 0.1) is 13.8 Å². The largest absolute Gasteiger partial charge is 0.348 e. The minimum atomic E-state index is -0.0772. The van der Waals surface area contributed by atoms with E-state index in [0.29, 0.717) is 5.69 Å². The Labute approximate surface area is 166 Å². The molecule has 0 bridgehead atoms.